The van der Waals surface area contributed by atoms with E-state index in [4.69, 9.17) is 0 Å². The minimum absolute atomic E-state index is 0.346. The van der Waals surface area contributed by atoms with Crippen LogP contribution in [0.25, 0.3) is 0 Å². The summed E-state index contributed by atoms with van der Waals surface area (Å²) in [6, 6.07) is 0. The lowest BCUT2D eigenvalue weighted by atomic mass is 10.5. The summed E-state index contributed by atoms with van der Waals surface area (Å²) >= 11 is 0. The second kappa shape index (κ2) is 12.3. The molecule has 3 heteroatoms. The van der Waals surface area contributed by atoms with Crippen LogP contribution < -0.4 is 5.32 Å². The van der Waals surface area contributed by atoms with Crippen molar-refractivity contribution in [2.24, 2.45) is 0 Å². The van der Waals surface area contributed by atoms with Gasteiger partial charge in [-0.3, -0.25) is 0 Å². The Balaban J connectivity index is 3.26. The molecule has 0 rings (SSSR count). The van der Waals surface area contributed by atoms with Crippen LogP contribution in [0.3, 0.4) is 0 Å². The molecule has 0 saturated heterocycles. The molecule has 0 amide bonds. The van der Waals surface area contributed by atoms with E-state index < -0.39 is 0 Å². The molecule has 0 radical (unpaired) electrons. The van der Waals surface area contributed by atoms with Crippen LogP contribution in [0.1, 0.15) is 34.1 Å². The van der Waals surface area contributed by atoms with Gasteiger partial charge in [0, 0.05) is 0 Å². The Morgan fingerprint density at radius 1 is 0.688 bits per heavy atom. The third kappa shape index (κ3) is 8.91. The lowest BCUT2D eigenvalue weighted by Gasteiger charge is -2.15. The van der Waals surface area contributed by atoms with Crippen molar-refractivity contribution >= 4 is 15.8 Å². The van der Waals surface area contributed by atoms with Crippen molar-refractivity contribution in [2.45, 2.75) is 34.1 Å². The monoisotopic (exact) mass is 263 g/mol. The smallest absolute Gasteiger partial charge is 0.000950 e. The minimum Gasteiger partial charge on any atom is -0.316 e. The molecule has 98 valence electrons. The van der Waals surface area contributed by atoms with E-state index >= 15 is 0 Å². The summed E-state index contributed by atoms with van der Waals surface area (Å²) in [7, 11) is 0.714. The quantitative estimate of drug-likeness (QED) is 0.439. The van der Waals surface area contributed by atoms with E-state index in [0.717, 1.165) is 0 Å². The predicted molar refractivity (Wildman–Crippen MR) is 83.2 cm³/mol. The van der Waals surface area contributed by atoms with Crippen LogP contribution >= 0.6 is 15.8 Å². The van der Waals surface area contributed by atoms with E-state index in [2.05, 4.69) is 33.0 Å². The molecule has 0 bridgehead atoms. The SMILES string of the molecule is CCP(CC)CCCNCCP(CC)CC. The summed E-state index contributed by atoms with van der Waals surface area (Å²) in [4.78, 5) is 0. The highest BCUT2D eigenvalue weighted by Gasteiger charge is 2.02. The zero-order valence-electron chi connectivity index (χ0n) is 11.8. The van der Waals surface area contributed by atoms with E-state index in [0.29, 0.717) is 15.8 Å². The summed E-state index contributed by atoms with van der Waals surface area (Å²) in [5, 5.41) is 3.61. The van der Waals surface area contributed by atoms with E-state index in [-0.39, 0.29) is 0 Å². The van der Waals surface area contributed by atoms with Crippen molar-refractivity contribution in [2.75, 3.05) is 50.1 Å². The first-order valence-corrected chi connectivity index (χ1v) is 10.7. The summed E-state index contributed by atoms with van der Waals surface area (Å²) in [6.07, 6.45) is 9.95. The van der Waals surface area contributed by atoms with Gasteiger partial charge in [0.25, 0.3) is 0 Å². The van der Waals surface area contributed by atoms with Crippen LogP contribution in [-0.2, 0) is 0 Å². The normalized spacial score (nSPS) is 11.6. The van der Waals surface area contributed by atoms with Gasteiger partial charge < -0.3 is 5.32 Å². The average molecular weight is 263 g/mol. The highest BCUT2D eigenvalue weighted by Crippen LogP contribution is 2.34. The van der Waals surface area contributed by atoms with Gasteiger partial charge >= 0.3 is 0 Å². The fourth-order valence-corrected chi connectivity index (χ4v) is 5.11. The van der Waals surface area contributed by atoms with Gasteiger partial charge in [-0.2, -0.15) is 0 Å². The Morgan fingerprint density at radius 2 is 1.19 bits per heavy atom. The predicted octanol–water partition coefficient (Wildman–Crippen LogP) is 4.01. The van der Waals surface area contributed by atoms with Crippen molar-refractivity contribution in [3.05, 3.63) is 0 Å². The second-order valence-corrected chi connectivity index (χ2v) is 10.3. The molecule has 0 atom stereocenters. The molecular formula is C13H31NP2. The van der Waals surface area contributed by atoms with Crippen LogP contribution in [0.15, 0.2) is 0 Å². The number of hydrogen-bond donors (Lipinski definition) is 1. The maximum Gasteiger partial charge on any atom is -0.000950 e. The van der Waals surface area contributed by atoms with Crippen LogP contribution in [-0.4, -0.2) is 50.1 Å². The van der Waals surface area contributed by atoms with Gasteiger partial charge in [-0.05, 0) is 56.5 Å². The fraction of sp³-hybridized carbons (Fsp3) is 1.00. The zero-order chi connectivity index (χ0) is 12.2. The van der Waals surface area contributed by atoms with Crippen LogP contribution in [0.2, 0.25) is 0 Å². The Hall–Kier alpha value is 0.820. The third-order valence-electron chi connectivity index (χ3n) is 3.22. The fourth-order valence-electron chi connectivity index (χ4n) is 1.87. The molecule has 0 aliphatic carbocycles. The first-order chi connectivity index (χ1) is 7.78. The lowest BCUT2D eigenvalue weighted by Crippen LogP contribution is -2.20. The molecule has 0 spiro atoms. The molecular weight excluding hydrogens is 232 g/mol. The van der Waals surface area contributed by atoms with Crippen LogP contribution in [0, 0.1) is 0 Å². The Morgan fingerprint density at radius 3 is 1.69 bits per heavy atom. The molecule has 0 aromatic heterocycles. The molecule has 1 N–H and O–H groups in total. The zero-order valence-corrected chi connectivity index (χ0v) is 13.5. The van der Waals surface area contributed by atoms with Gasteiger partial charge in [0.2, 0.25) is 0 Å². The van der Waals surface area contributed by atoms with Crippen molar-refractivity contribution in [1.82, 2.24) is 5.32 Å². The third-order valence-corrected chi connectivity index (χ3v) is 8.60. The van der Waals surface area contributed by atoms with Gasteiger partial charge in [0.15, 0.2) is 0 Å². The Kier molecular flexibility index (Phi) is 12.9. The standard InChI is InChI=1S/C13H31NP2/c1-5-15(6-2)12-9-10-14-11-13-16(7-3)8-4/h14H,5-13H2,1-4H3. The summed E-state index contributed by atoms with van der Waals surface area (Å²) in [5.41, 5.74) is 0. The van der Waals surface area contributed by atoms with Gasteiger partial charge in [0.05, 0.1) is 0 Å². The number of rotatable bonds is 11. The van der Waals surface area contributed by atoms with Crippen molar-refractivity contribution < 1.29 is 0 Å². The summed E-state index contributed by atoms with van der Waals surface area (Å²) in [5.74, 6) is 0. The Bertz CT molecular complexity index is 118. The highest BCUT2D eigenvalue weighted by molar-refractivity contribution is 7.57. The maximum atomic E-state index is 3.61. The molecule has 0 unspecified atom stereocenters. The molecule has 0 fully saturated rings. The van der Waals surface area contributed by atoms with E-state index in [1.165, 1.54) is 56.5 Å². The first kappa shape index (κ1) is 16.8. The topological polar surface area (TPSA) is 12.0 Å². The highest BCUT2D eigenvalue weighted by atomic mass is 31.1. The first-order valence-electron chi connectivity index (χ1n) is 6.93. The van der Waals surface area contributed by atoms with E-state index in [1.54, 1.807) is 0 Å². The Labute approximate surface area is 106 Å². The summed E-state index contributed by atoms with van der Waals surface area (Å²) < 4.78 is 0. The molecule has 0 heterocycles. The van der Waals surface area contributed by atoms with Gasteiger partial charge in [0.1, 0.15) is 0 Å². The van der Waals surface area contributed by atoms with E-state index in [1.807, 2.05) is 0 Å². The number of hydrogen-bond acceptors (Lipinski definition) is 1. The van der Waals surface area contributed by atoms with Crippen LogP contribution in [0.4, 0.5) is 0 Å². The van der Waals surface area contributed by atoms with Crippen molar-refractivity contribution in [3.63, 3.8) is 0 Å². The van der Waals surface area contributed by atoms with Crippen molar-refractivity contribution in [1.29, 1.82) is 0 Å². The van der Waals surface area contributed by atoms with Gasteiger partial charge in [-0.15, -0.1) is 15.8 Å². The molecule has 0 saturated carbocycles. The van der Waals surface area contributed by atoms with Crippen molar-refractivity contribution in [3.8, 4) is 0 Å². The summed E-state index contributed by atoms with van der Waals surface area (Å²) in [6.45, 7) is 11.9. The molecule has 0 aromatic carbocycles. The molecule has 1 nitrogen and oxygen atoms in total. The largest absolute Gasteiger partial charge is 0.316 e. The lowest BCUT2D eigenvalue weighted by molar-refractivity contribution is 0.707. The maximum absolute atomic E-state index is 3.61. The molecule has 0 aliphatic rings. The van der Waals surface area contributed by atoms with Crippen LogP contribution in [0.5, 0.6) is 0 Å². The van der Waals surface area contributed by atoms with Gasteiger partial charge in [-0.25, -0.2) is 0 Å². The minimum atomic E-state index is 0.346. The average Bonchev–Trinajstić information content (AvgIpc) is 2.33. The molecule has 16 heavy (non-hydrogen) atoms. The molecule has 0 aliphatic heterocycles. The number of nitrogens with one attached hydrogen (secondary N) is 1. The second-order valence-electron chi connectivity index (χ2n) is 4.16. The van der Waals surface area contributed by atoms with E-state index in [9.17, 15) is 0 Å². The van der Waals surface area contributed by atoms with Gasteiger partial charge in [-0.1, -0.05) is 27.7 Å². The molecule has 0 aromatic rings.